The van der Waals surface area contributed by atoms with Crippen molar-refractivity contribution in [1.29, 1.82) is 0 Å². The summed E-state index contributed by atoms with van der Waals surface area (Å²) in [5.41, 5.74) is -10.5. The predicted octanol–water partition coefficient (Wildman–Crippen LogP) is 3.38. The molecule has 22 heavy (non-hydrogen) atoms. The van der Waals surface area contributed by atoms with Crippen LogP contribution in [0, 0.1) is 11.3 Å². The van der Waals surface area contributed by atoms with Crippen LogP contribution in [0.25, 0.3) is 0 Å². The van der Waals surface area contributed by atoms with E-state index in [1.807, 2.05) is 0 Å². The molecule has 1 rings (SSSR count). The van der Waals surface area contributed by atoms with Gasteiger partial charge in [-0.25, -0.2) is 4.79 Å². The molecule has 0 heterocycles. The molecule has 0 spiro atoms. The average Bonchev–Trinajstić information content (AvgIpc) is 2.71. The van der Waals surface area contributed by atoms with E-state index in [-0.39, 0.29) is 5.57 Å². The van der Waals surface area contributed by atoms with Gasteiger partial charge in [-0.1, -0.05) is 27.4 Å². The first-order chi connectivity index (χ1) is 9.48. The SMILES string of the molecule is C=C(C)C(=O)OC1(C(O)(C(F)(F)F)C(F)(F)F)C(C)C1(C)C. The minimum atomic E-state index is -6.08. The smallest absolute Gasteiger partial charge is 0.430 e. The fourth-order valence-electron chi connectivity index (χ4n) is 2.86. The number of carbonyl (C=O) groups excluding carboxylic acids is 1. The maximum Gasteiger partial charge on any atom is 0.430 e. The Bertz CT molecular complexity index is 491. The number of hydrogen-bond donors (Lipinski definition) is 1. The van der Waals surface area contributed by atoms with Gasteiger partial charge in [0.2, 0.25) is 0 Å². The van der Waals surface area contributed by atoms with Gasteiger partial charge in [0.15, 0.2) is 5.60 Å². The van der Waals surface area contributed by atoms with Crippen LogP contribution < -0.4 is 0 Å². The molecule has 2 unspecified atom stereocenters. The minimum absolute atomic E-state index is 0.374. The largest absolute Gasteiger partial charge is 0.451 e. The molecule has 3 nitrogen and oxygen atoms in total. The van der Waals surface area contributed by atoms with Crippen molar-refractivity contribution in [3.05, 3.63) is 12.2 Å². The highest BCUT2D eigenvalue weighted by Gasteiger charge is 2.94. The van der Waals surface area contributed by atoms with Crippen molar-refractivity contribution < 1.29 is 41.0 Å². The van der Waals surface area contributed by atoms with E-state index in [9.17, 15) is 36.2 Å². The van der Waals surface area contributed by atoms with Crippen molar-refractivity contribution in [3.8, 4) is 0 Å². The van der Waals surface area contributed by atoms with E-state index >= 15 is 0 Å². The van der Waals surface area contributed by atoms with Crippen molar-refractivity contribution in [2.75, 3.05) is 0 Å². The second-order valence-electron chi connectivity index (χ2n) is 6.05. The molecule has 0 radical (unpaired) electrons. The zero-order valence-electron chi connectivity index (χ0n) is 12.3. The topological polar surface area (TPSA) is 46.5 Å². The van der Waals surface area contributed by atoms with Gasteiger partial charge in [0.1, 0.15) is 0 Å². The van der Waals surface area contributed by atoms with Crippen LogP contribution in [0.5, 0.6) is 0 Å². The summed E-state index contributed by atoms with van der Waals surface area (Å²) in [5.74, 6) is -2.80. The molecule has 0 aromatic heterocycles. The van der Waals surface area contributed by atoms with E-state index in [2.05, 4.69) is 11.3 Å². The molecule has 1 N–H and O–H groups in total. The van der Waals surface area contributed by atoms with Crippen LogP contribution in [0.2, 0.25) is 0 Å². The molecule has 9 heteroatoms. The molecule has 0 saturated heterocycles. The third-order valence-electron chi connectivity index (χ3n) is 4.53. The molecule has 0 aromatic carbocycles. The van der Waals surface area contributed by atoms with Gasteiger partial charge in [-0.15, -0.1) is 0 Å². The predicted molar refractivity (Wildman–Crippen MR) is 63.6 cm³/mol. The minimum Gasteiger partial charge on any atom is -0.451 e. The zero-order valence-corrected chi connectivity index (χ0v) is 12.3. The summed E-state index contributed by atoms with van der Waals surface area (Å²) in [6.07, 6.45) is -12.2. The average molecular weight is 334 g/mol. The molecule has 2 atom stereocenters. The van der Waals surface area contributed by atoms with Crippen molar-refractivity contribution >= 4 is 5.97 Å². The first kappa shape index (κ1) is 18.8. The molecule has 1 fully saturated rings. The van der Waals surface area contributed by atoms with Gasteiger partial charge in [-0.3, -0.25) is 0 Å². The molecular weight excluding hydrogens is 318 g/mol. The van der Waals surface area contributed by atoms with Crippen LogP contribution in [0.1, 0.15) is 27.7 Å². The lowest BCUT2D eigenvalue weighted by Gasteiger charge is -2.40. The van der Waals surface area contributed by atoms with Gasteiger partial charge in [-0.2, -0.15) is 26.3 Å². The summed E-state index contributed by atoms with van der Waals surface area (Å²) >= 11 is 0. The lowest BCUT2D eigenvalue weighted by atomic mass is 9.86. The van der Waals surface area contributed by atoms with Crippen LogP contribution in [0.4, 0.5) is 26.3 Å². The second kappa shape index (κ2) is 4.62. The molecule has 0 aliphatic heterocycles. The van der Waals surface area contributed by atoms with Crippen molar-refractivity contribution in [1.82, 2.24) is 0 Å². The van der Waals surface area contributed by atoms with Crippen LogP contribution >= 0.6 is 0 Å². The van der Waals surface area contributed by atoms with Crippen LogP contribution in [0.3, 0.4) is 0 Å². The standard InChI is InChI=1S/C13H16F6O3/c1-6(2)8(20)22-10(7(3)9(10,4)5)11(21,12(14,15)16)13(17,18)19/h7,21H,1H2,2-5H3. The van der Waals surface area contributed by atoms with E-state index in [0.717, 1.165) is 27.7 Å². The van der Waals surface area contributed by atoms with Crippen LogP contribution in [-0.2, 0) is 9.53 Å². The van der Waals surface area contributed by atoms with E-state index < -0.39 is 40.9 Å². The normalized spacial score (nSPS) is 28.2. The van der Waals surface area contributed by atoms with Crippen molar-refractivity contribution in [2.24, 2.45) is 11.3 Å². The van der Waals surface area contributed by atoms with E-state index in [0.29, 0.717) is 0 Å². The first-order valence-corrected chi connectivity index (χ1v) is 6.23. The fourth-order valence-corrected chi connectivity index (χ4v) is 2.86. The van der Waals surface area contributed by atoms with Gasteiger partial charge in [0.25, 0.3) is 5.60 Å². The van der Waals surface area contributed by atoms with Gasteiger partial charge in [0, 0.05) is 16.9 Å². The Kier molecular flexibility index (Phi) is 3.95. The zero-order chi connectivity index (χ0) is 17.9. The van der Waals surface area contributed by atoms with Gasteiger partial charge >= 0.3 is 18.3 Å². The lowest BCUT2D eigenvalue weighted by Crippen LogP contribution is -2.68. The maximum atomic E-state index is 13.1. The summed E-state index contributed by atoms with van der Waals surface area (Å²) in [5, 5.41) is 9.65. The quantitative estimate of drug-likeness (QED) is 0.489. The number of halogens is 6. The molecule has 1 saturated carbocycles. The Labute approximate surface area is 122 Å². The third-order valence-corrected chi connectivity index (χ3v) is 4.53. The number of carbonyl (C=O) groups is 1. The molecular formula is C13H16F6O3. The Morgan fingerprint density at radius 1 is 1.14 bits per heavy atom. The molecule has 0 bridgehead atoms. The van der Waals surface area contributed by atoms with Gasteiger partial charge in [-0.05, 0) is 6.92 Å². The number of hydrogen-bond acceptors (Lipinski definition) is 3. The molecule has 128 valence electrons. The summed E-state index contributed by atoms with van der Waals surface area (Å²) in [4.78, 5) is 11.6. The molecule has 1 aliphatic rings. The van der Waals surface area contributed by atoms with E-state index in [1.165, 1.54) is 0 Å². The molecule has 1 aliphatic carbocycles. The van der Waals surface area contributed by atoms with Crippen LogP contribution in [0.15, 0.2) is 12.2 Å². The molecule has 0 aromatic rings. The Morgan fingerprint density at radius 2 is 1.45 bits per heavy atom. The summed E-state index contributed by atoms with van der Waals surface area (Å²) in [7, 11) is 0. The Hall–Kier alpha value is -1.25. The highest BCUT2D eigenvalue weighted by Crippen LogP contribution is 2.73. The summed E-state index contributed by atoms with van der Waals surface area (Å²) < 4.78 is 83.2. The number of esters is 1. The highest BCUT2D eigenvalue weighted by molar-refractivity contribution is 5.87. The number of rotatable bonds is 3. The van der Waals surface area contributed by atoms with E-state index in [4.69, 9.17) is 0 Å². The monoisotopic (exact) mass is 334 g/mol. The maximum absolute atomic E-state index is 13.1. The molecule has 0 amide bonds. The van der Waals surface area contributed by atoms with E-state index in [1.54, 1.807) is 0 Å². The number of aliphatic hydroxyl groups is 1. The van der Waals surface area contributed by atoms with Crippen molar-refractivity contribution in [2.45, 2.75) is 51.2 Å². The van der Waals surface area contributed by atoms with Gasteiger partial charge < -0.3 is 9.84 Å². The third kappa shape index (κ3) is 2.04. The number of alkyl halides is 6. The number of ether oxygens (including phenoxy) is 1. The lowest BCUT2D eigenvalue weighted by molar-refractivity contribution is -0.402. The highest BCUT2D eigenvalue weighted by atomic mass is 19.4. The summed E-state index contributed by atoms with van der Waals surface area (Å²) in [6.45, 7) is 7.38. The van der Waals surface area contributed by atoms with Crippen molar-refractivity contribution in [3.63, 3.8) is 0 Å². The van der Waals surface area contributed by atoms with Gasteiger partial charge in [0.05, 0.1) is 0 Å². The first-order valence-electron chi connectivity index (χ1n) is 6.23. The van der Waals surface area contributed by atoms with Crippen LogP contribution in [-0.4, -0.2) is 34.6 Å². The summed E-state index contributed by atoms with van der Waals surface area (Å²) in [6, 6.07) is 0. The fraction of sp³-hybridized carbons (Fsp3) is 0.769. The Morgan fingerprint density at radius 3 is 1.64 bits per heavy atom. The second-order valence-corrected chi connectivity index (χ2v) is 6.05. The Balaban J connectivity index is 3.59.